The summed E-state index contributed by atoms with van der Waals surface area (Å²) in [5.74, 6) is 0.587. The number of fused-ring (bicyclic) bond motifs is 1. The molecule has 0 radical (unpaired) electrons. The van der Waals surface area contributed by atoms with E-state index in [1.165, 1.54) is 22.5 Å². The zero-order valence-corrected chi connectivity index (χ0v) is 16.0. The summed E-state index contributed by atoms with van der Waals surface area (Å²) < 4.78 is 4.54. The highest BCUT2D eigenvalue weighted by Crippen LogP contribution is 2.33. The van der Waals surface area contributed by atoms with Crippen molar-refractivity contribution in [2.45, 2.75) is 46.4 Å². The molecular formula is C22H28N4. The highest BCUT2D eigenvalue weighted by Gasteiger charge is 2.30. The van der Waals surface area contributed by atoms with Crippen LogP contribution in [-0.2, 0) is 19.6 Å². The number of hydrogen-bond donors (Lipinski definition) is 0. The molecule has 3 aromatic rings. The predicted octanol–water partition coefficient (Wildman–Crippen LogP) is 4.25. The third kappa shape index (κ3) is 3.21. The molecule has 136 valence electrons. The Morgan fingerprint density at radius 1 is 1.04 bits per heavy atom. The van der Waals surface area contributed by atoms with Gasteiger partial charge < -0.3 is 4.57 Å². The van der Waals surface area contributed by atoms with Crippen molar-refractivity contribution >= 4 is 0 Å². The lowest BCUT2D eigenvalue weighted by molar-refractivity contribution is 0.111. The molecule has 2 aromatic heterocycles. The van der Waals surface area contributed by atoms with Gasteiger partial charge in [0, 0.05) is 42.8 Å². The van der Waals surface area contributed by atoms with Gasteiger partial charge in [-0.1, -0.05) is 44.2 Å². The summed E-state index contributed by atoms with van der Waals surface area (Å²) in [7, 11) is 0. The number of benzene rings is 1. The molecule has 1 atom stereocenters. The first-order chi connectivity index (χ1) is 12.6. The second-order valence-electron chi connectivity index (χ2n) is 7.68. The fourth-order valence-electron chi connectivity index (χ4n) is 4.18. The second kappa shape index (κ2) is 7.12. The van der Waals surface area contributed by atoms with E-state index in [1.54, 1.807) is 0 Å². The molecule has 0 N–H and O–H groups in total. The van der Waals surface area contributed by atoms with Gasteiger partial charge in [-0.2, -0.15) is 5.10 Å². The second-order valence-corrected chi connectivity index (χ2v) is 7.68. The van der Waals surface area contributed by atoms with Gasteiger partial charge in [0.25, 0.3) is 0 Å². The van der Waals surface area contributed by atoms with E-state index >= 15 is 0 Å². The van der Waals surface area contributed by atoms with Crippen molar-refractivity contribution in [3.05, 3.63) is 77.4 Å². The molecule has 0 aliphatic carbocycles. The van der Waals surface area contributed by atoms with E-state index in [0.717, 1.165) is 26.2 Å². The Bertz CT molecular complexity index is 859. The predicted molar refractivity (Wildman–Crippen MR) is 105 cm³/mol. The van der Waals surface area contributed by atoms with Gasteiger partial charge in [-0.05, 0) is 30.5 Å². The van der Waals surface area contributed by atoms with Crippen LogP contribution in [0.2, 0.25) is 0 Å². The van der Waals surface area contributed by atoms with Gasteiger partial charge in [-0.15, -0.1) is 0 Å². The summed E-state index contributed by atoms with van der Waals surface area (Å²) in [5, 5.41) is 4.67. The van der Waals surface area contributed by atoms with Gasteiger partial charge in [-0.25, -0.2) is 0 Å². The summed E-state index contributed by atoms with van der Waals surface area (Å²) in [4.78, 5) is 2.62. The van der Waals surface area contributed by atoms with Crippen molar-refractivity contribution in [3.63, 3.8) is 0 Å². The van der Waals surface area contributed by atoms with E-state index in [2.05, 4.69) is 94.9 Å². The van der Waals surface area contributed by atoms with E-state index in [9.17, 15) is 0 Å². The highest BCUT2D eigenvalue weighted by molar-refractivity contribution is 5.22. The van der Waals surface area contributed by atoms with Crippen LogP contribution in [-0.4, -0.2) is 25.8 Å². The first-order valence-corrected chi connectivity index (χ1v) is 9.58. The minimum atomic E-state index is 0.468. The van der Waals surface area contributed by atoms with E-state index in [0.29, 0.717) is 12.0 Å². The van der Waals surface area contributed by atoms with Gasteiger partial charge in [0.1, 0.15) is 0 Å². The molecule has 4 nitrogen and oxygen atoms in total. The lowest BCUT2D eigenvalue weighted by Crippen LogP contribution is -2.39. The molecule has 26 heavy (non-hydrogen) atoms. The van der Waals surface area contributed by atoms with Crippen molar-refractivity contribution < 1.29 is 0 Å². The maximum absolute atomic E-state index is 4.67. The third-order valence-electron chi connectivity index (χ3n) is 5.57. The Kier molecular flexibility index (Phi) is 4.68. The van der Waals surface area contributed by atoms with Gasteiger partial charge in [-0.3, -0.25) is 9.58 Å². The SMILES string of the molecule is Cc1c(CN2CCn3cccc3[C@H]2C(C)C)cnn1Cc1ccccc1. The largest absolute Gasteiger partial charge is 0.349 e. The average Bonchev–Trinajstić information content (AvgIpc) is 3.24. The Hall–Kier alpha value is -2.33. The normalized spacial score (nSPS) is 17.6. The third-order valence-corrected chi connectivity index (χ3v) is 5.57. The van der Waals surface area contributed by atoms with Crippen LogP contribution in [0.1, 0.15) is 42.4 Å². The maximum atomic E-state index is 4.67. The lowest BCUT2D eigenvalue weighted by atomic mass is 9.96. The van der Waals surface area contributed by atoms with Gasteiger partial charge in [0.2, 0.25) is 0 Å². The van der Waals surface area contributed by atoms with Crippen LogP contribution in [0, 0.1) is 12.8 Å². The average molecular weight is 348 g/mol. The quantitative estimate of drug-likeness (QED) is 0.689. The fourth-order valence-corrected chi connectivity index (χ4v) is 4.18. The van der Waals surface area contributed by atoms with Crippen LogP contribution >= 0.6 is 0 Å². The zero-order chi connectivity index (χ0) is 18.1. The van der Waals surface area contributed by atoms with Crippen molar-refractivity contribution in [1.82, 2.24) is 19.2 Å². The molecule has 3 heterocycles. The standard InChI is InChI=1S/C22H28N4/c1-17(2)22-21-10-7-11-24(21)12-13-25(22)16-20-14-23-26(18(20)3)15-19-8-5-4-6-9-19/h4-11,14,17,22H,12-13,15-16H2,1-3H3/t22-/m1/s1. The van der Waals surface area contributed by atoms with E-state index in [-0.39, 0.29) is 0 Å². The first-order valence-electron chi connectivity index (χ1n) is 9.58. The monoisotopic (exact) mass is 348 g/mol. The van der Waals surface area contributed by atoms with Crippen molar-refractivity contribution in [2.24, 2.45) is 5.92 Å². The number of hydrogen-bond acceptors (Lipinski definition) is 2. The summed E-state index contributed by atoms with van der Waals surface area (Å²) >= 11 is 0. The molecule has 0 amide bonds. The Morgan fingerprint density at radius 3 is 2.62 bits per heavy atom. The molecule has 1 aromatic carbocycles. The molecule has 0 saturated carbocycles. The molecule has 0 fully saturated rings. The Labute approximate surface area is 156 Å². The minimum Gasteiger partial charge on any atom is -0.349 e. The summed E-state index contributed by atoms with van der Waals surface area (Å²) in [6.07, 6.45) is 4.27. The summed E-state index contributed by atoms with van der Waals surface area (Å²) in [6, 6.07) is 15.5. The van der Waals surface area contributed by atoms with Gasteiger partial charge >= 0.3 is 0 Å². The smallest absolute Gasteiger partial charge is 0.0662 e. The van der Waals surface area contributed by atoms with Crippen LogP contribution in [0.3, 0.4) is 0 Å². The maximum Gasteiger partial charge on any atom is 0.0662 e. The number of aromatic nitrogens is 3. The number of rotatable bonds is 5. The molecule has 0 saturated heterocycles. The first kappa shape index (κ1) is 17.1. The van der Waals surface area contributed by atoms with E-state index in [4.69, 9.17) is 0 Å². The van der Waals surface area contributed by atoms with Crippen LogP contribution in [0.15, 0.2) is 54.9 Å². The van der Waals surface area contributed by atoms with E-state index < -0.39 is 0 Å². The molecule has 0 unspecified atom stereocenters. The number of nitrogens with zero attached hydrogens (tertiary/aromatic N) is 4. The molecule has 0 spiro atoms. The molecule has 1 aliphatic rings. The van der Waals surface area contributed by atoms with Gasteiger partial charge in [0.05, 0.1) is 18.8 Å². The van der Waals surface area contributed by atoms with Crippen molar-refractivity contribution in [2.75, 3.05) is 6.54 Å². The lowest BCUT2D eigenvalue weighted by Gasteiger charge is -2.39. The molecule has 4 heteroatoms. The van der Waals surface area contributed by atoms with Crippen LogP contribution in [0.4, 0.5) is 0 Å². The zero-order valence-electron chi connectivity index (χ0n) is 16.0. The summed E-state index contributed by atoms with van der Waals surface area (Å²) in [6.45, 7) is 10.8. The molecule has 4 rings (SSSR count). The minimum absolute atomic E-state index is 0.468. The Balaban J connectivity index is 1.54. The van der Waals surface area contributed by atoms with Gasteiger partial charge in [0.15, 0.2) is 0 Å². The van der Waals surface area contributed by atoms with E-state index in [1.807, 2.05) is 0 Å². The molecule has 1 aliphatic heterocycles. The molecular weight excluding hydrogens is 320 g/mol. The van der Waals surface area contributed by atoms with Crippen LogP contribution in [0.5, 0.6) is 0 Å². The van der Waals surface area contributed by atoms with Crippen molar-refractivity contribution in [3.8, 4) is 0 Å². The fraction of sp³-hybridized carbons (Fsp3) is 0.409. The highest BCUT2D eigenvalue weighted by atomic mass is 15.3. The van der Waals surface area contributed by atoms with Crippen molar-refractivity contribution in [1.29, 1.82) is 0 Å². The molecule has 0 bridgehead atoms. The van der Waals surface area contributed by atoms with Crippen LogP contribution < -0.4 is 0 Å². The summed E-state index contributed by atoms with van der Waals surface area (Å²) in [5.41, 5.74) is 5.35. The van der Waals surface area contributed by atoms with Crippen LogP contribution in [0.25, 0.3) is 0 Å². The Morgan fingerprint density at radius 2 is 1.85 bits per heavy atom. The topological polar surface area (TPSA) is 26.0 Å².